The minimum absolute atomic E-state index is 0.274. The van der Waals surface area contributed by atoms with Gasteiger partial charge in [-0.05, 0) is 49.7 Å². The summed E-state index contributed by atoms with van der Waals surface area (Å²) < 4.78 is 21.5. The molecule has 0 fully saturated rings. The second-order valence-corrected chi connectivity index (χ2v) is 7.88. The van der Waals surface area contributed by atoms with E-state index in [1.165, 1.54) is 23.5 Å². The van der Waals surface area contributed by atoms with Crippen molar-refractivity contribution in [2.45, 2.75) is 26.7 Å². The first-order valence-corrected chi connectivity index (χ1v) is 10.5. The van der Waals surface area contributed by atoms with Crippen LogP contribution >= 0.6 is 11.3 Å². The lowest BCUT2D eigenvalue weighted by molar-refractivity contribution is 0.102. The first-order chi connectivity index (χ1) is 14.5. The molecule has 0 spiro atoms. The lowest BCUT2D eigenvalue weighted by Gasteiger charge is -2.09. The molecule has 0 atom stereocenters. The quantitative estimate of drug-likeness (QED) is 0.406. The Morgan fingerprint density at radius 3 is 2.93 bits per heavy atom. The van der Waals surface area contributed by atoms with Crippen molar-refractivity contribution >= 4 is 33.3 Å². The van der Waals surface area contributed by atoms with Crippen LogP contribution in [0.4, 0.5) is 10.2 Å². The molecule has 1 N–H and O–H groups in total. The molecule has 0 unspecified atom stereocenters. The van der Waals surface area contributed by atoms with E-state index in [1.807, 2.05) is 13.0 Å². The number of aryl methyl sites for hydroxylation is 1. The molecular formula is C22H21FN4O2S. The van der Waals surface area contributed by atoms with Gasteiger partial charge in [0.05, 0.1) is 22.5 Å². The van der Waals surface area contributed by atoms with Crippen molar-refractivity contribution in [2.75, 3.05) is 11.9 Å². The number of carbonyl (C=O) groups is 1. The molecule has 2 aromatic heterocycles. The van der Waals surface area contributed by atoms with Crippen LogP contribution in [0.5, 0.6) is 5.75 Å². The van der Waals surface area contributed by atoms with Crippen molar-refractivity contribution in [1.29, 1.82) is 0 Å². The van der Waals surface area contributed by atoms with E-state index >= 15 is 0 Å². The van der Waals surface area contributed by atoms with Crippen molar-refractivity contribution in [3.63, 3.8) is 0 Å². The number of unbranched alkanes of at least 4 members (excludes halogenated alkanes) is 1. The van der Waals surface area contributed by atoms with Crippen molar-refractivity contribution in [3.8, 4) is 10.9 Å². The van der Waals surface area contributed by atoms with Crippen LogP contribution in [0.15, 0.2) is 48.5 Å². The number of amides is 1. The van der Waals surface area contributed by atoms with Gasteiger partial charge in [0.1, 0.15) is 17.4 Å². The van der Waals surface area contributed by atoms with Gasteiger partial charge in [0, 0.05) is 11.6 Å². The van der Waals surface area contributed by atoms with Gasteiger partial charge in [-0.1, -0.05) is 30.7 Å². The number of halogens is 1. The van der Waals surface area contributed by atoms with Gasteiger partial charge in [0.2, 0.25) is 5.13 Å². The Bertz CT molecular complexity index is 1200. The van der Waals surface area contributed by atoms with Crippen molar-refractivity contribution in [3.05, 3.63) is 65.6 Å². The number of hydrogen-bond acceptors (Lipinski definition) is 5. The predicted molar refractivity (Wildman–Crippen MR) is 116 cm³/mol. The Hall–Kier alpha value is -3.26. The van der Waals surface area contributed by atoms with Gasteiger partial charge in [0.15, 0.2) is 0 Å². The number of thiazole rings is 1. The van der Waals surface area contributed by atoms with Crippen molar-refractivity contribution in [2.24, 2.45) is 0 Å². The van der Waals surface area contributed by atoms with Crippen molar-refractivity contribution < 1.29 is 13.9 Å². The maximum atomic E-state index is 13.5. The van der Waals surface area contributed by atoms with Crippen LogP contribution in [0.3, 0.4) is 0 Å². The van der Waals surface area contributed by atoms with Crippen LogP contribution in [-0.4, -0.2) is 27.3 Å². The number of hydrogen-bond donors (Lipinski definition) is 1. The number of nitrogens with zero attached hydrogens (tertiary/aromatic N) is 3. The highest BCUT2D eigenvalue weighted by Crippen LogP contribution is 2.28. The third kappa shape index (κ3) is 4.33. The smallest absolute Gasteiger partial charge is 0.256 e. The van der Waals surface area contributed by atoms with Crippen LogP contribution in [0.1, 0.15) is 35.8 Å². The zero-order valence-corrected chi connectivity index (χ0v) is 17.5. The Labute approximate surface area is 177 Å². The first-order valence-electron chi connectivity index (χ1n) is 9.71. The standard InChI is InChI=1S/C22H21FN4O2S/c1-3-4-10-29-17-7-5-6-15(12-17)21(28)25-20-11-14(2)26-27(20)22-24-18-9-8-16(23)13-19(18)30-22/h5-9,11-13H,3-4,10H2,1-2H3,(H,25,28). The largest absolute Gasteiger partial charge is 0.494 e. The van der Waals surface area contributed by atoms with Crippen LogP contribution < -0.4 is 10.1 Å². The summed E-state index contributed by atoms with van der Waals surface area (Å²) in [7, 11) is 0. The van der Waals surface area contributed by atoms with Gasteiger partial charge in [-0.2, -0.15) is 9.78 Å². The Morgan fingerprint density at radius 2 is 2.10 bits per heavy atom. The van der Waals surface area contributed by atoms with Crippen molar-refractivity contribution in [1.82, 2.24) is 14.8 Å². The maximum absolute atomic E-state index is 13.5. The summed E-state index contributed by atoms with van der Waals surface area (Å²) in [5.41, 5.74) is 1.90. The minimum Gasteiger partial charge on any atom is -0.494 e. The van der Waals surface area contributed by atoms with E-state index in [0.29, 0.717) is 39.1 Å². The summed E-state index contributed by atoms with van der Waals surface area (Å²) in [6.07, 6.45) is 2.00. The van der Waals surface area contributed by atoms with Gasteiger partial charge in [-0.25, -0.2) is 9.37 Å². The fourth-order valence-electron chi connectivity index (χ4n) is 2.96. The highest BCUT2D eigenvalue weighted by molar-refractivity contribution is 7.20. The SMILES string of the molecule is CCCCOc1cccc(C(=O)Nc2cc(C)nn2-c2nc3ccc(F)cc3s2)c1. The Kier molecular flexibility index (Phi) is 5.76. The summed E-state index contributed by atoms with van der Waals surface area (Å²) in [5, 5.41) is 7.89. The second-order valence-electron chi connectivity index (χ2n) is 6.88. The number of carbonyl (C=O) groups excluding carboxylic acids is 1. The molecule has 4 rings (SSSR count). The average Bonchev–Trinajstić information content (AvgIpc) is 3.30. The molecule has 4 aromatic rings. The van der Waals surface area contributed by atoms with Gasteiger partial charge in [-0.15, -0.1) is 0 Å². The van der Waals surface area contributed by atoms with Gasteiger partial charge in [0.25, 0.3) is 5.91 Å². The van der Waals surface area contributed by atoms with Crippen LogP contribution in [0, 0.1) is 12.7 Å². The number of anilines is 1. The summed E-state index contributed by atoms with van der Waals surface area (Å²) in [5.74, 6) is 0.566. The number of nitrogens with one attached hydrogen (secondary N) is 1. The second kappa shape index (κ2) is 8.62. The molecule has 30 heavy (non-hydrogen) atoms. The highest BCUT2D eigenvalue weighted by atomic mass is 32.1. The molecule has 6 nitrogen and oxygen atoms in total. The Morgan fingerprint density at radius 1 is 1.23 bits per heavy atom. The molecule has 0 saturated carbocycles. The van der Waals surface area contributed by atoms with E-state index in [4.69, 9.17) is 4.74 Å². The summed E-state index contributed by atoms with van der Waals surface area (Å²) in [6.45, 7) is 4.55. The summed E-state index contributed by atoms with van der Waals surface area (Å²) >= 11 is 1.31. The normalized spacial score (nSPS) is 11.0. The maximum Gasteiger partial charge on any atom is 0.256 e. The number of rotatable bonds is 7. The fourth-order valence-corrected chi connectivity index (χ4v) is 3.92. The molecule has 0 aliphatic carbocycles. The number of ether oxygens (including phenoxy) is 1. The molecule has 0 aliphatic rings. The monoisotopic (exact) mass is 424 g/mol. The molecule has 2 aromatic carbocycles. The van der Waals surface area contributed by atoms with E-state index in [2.05, 4.69) is 22.3 Å². The molecule has 0 aliphatic heterocycles. The summed E-state index contributed by atoms with van der Waals surface area (Å²) in [4.78, 5) is 17.3. The molecule has 154 valence electrons. The third-order valence-corrected chi connectivity index (χ3v) is 5.45. The van der Waals surface area contributed by atoms with Crippen LogP contribution in [-0.2, 0) is 0 Å². The van der Waals surface area contributed by atoms with Gasteiger partial charge >= 0.3 is 0 Å². The lowest BCUT2D eigenvalue weighted by atomic mass is 10.2. The molecule has 0 bridgehead atoms. The fraction of sp³-hybridized carbons (Fsp3) is 0.227. The number of benzene rings is 2. The topological polar surface area (TPSA) is 69.0 Å². The molecule has 8 heteroatoms. The van der Waals surface area contributed by atoms with Gasteiger partial charge in [-0.3, -0.25) is 4.79 Å². The molecule has 2 heterocycles. The minimum atomic E-state index is -0.316. The molecule has 0 saturated heterocycles. The number of fused-ring (bicyclic) bond motifs is 1. The van der Waals surface area contributed by atoms with Crippen LogP contribution in [0.25, 0.3) is 15.3 Å². The van der Waals surface area contributed by atoms with E-state index < -0.39 is 0 Å². The van der Waals surface area contributed by atoms with Gasteiger partial charge < -0.3 is 10.1 Å². The molecule has 0 radical (unpaired) electrons. The molecular weight excluding hydrogens is 403 g/mol. The van der Waals surface area contributed by atoms with E-state index in [9.17, 15) is 9.18 Å². The zero-order chi connectivity index (χ0) is 21.1. The van der Waals surface area contributed by atoms with E-state index in [-0.39, 0.29) is 11.7 Å². The summed E-state index contributed by atoms with van der Waals surface area (Å²) in [6, 6.07) is 13.3. The Balaban J connectivity index is 1.58. The third-order valence-electron chi connectivity index (χ3n) is 4.46. The van der Waals surface area contributed by atoms with Crippen LogP contribution in [0.2, 0.25) is 0 Å². The zero-order valence-electron chi connectivity index (χ0n) is 16.7. The molecule has 1 amide bonds. The predicted octanol–water partition coefficient (Wildman–Crippen LogP) is 5.36. The lowest BCUT2D eigenvalue weighted by Crippen LogP contribution is -2.15. The number of aromatic nitrogens is 3. The van der Waals surface area contributed by atoms with E-state index in [1.54, 1.807) is 35.0 Å². The average molecular weight is 425 g/mol. The highest BCUT2D eigenvalue weighted by Gasteiger charge is 2.16. The first kappa shape index (κ1) is 20.0. The van der Waals surface area contributed by atoms with E-state index in [0.717, 1.165) is 18.5 Å².